The van der Waals surface area contributed by atoms with Crippen LogP contribution >= 0.6 is 0 Å². The van der Waals surface area contributed by atoms with E-state index >= 15 is 0 Å². The summed E-state index contributed by atoms with van der Waals surface area (Å²) in [4.78, 5) is 44.9. The molecule has 1 saturated heterocycles. The van der Waals surface area contributed by atoms with Gasteiger partial charge in [-0.15, -0.1) is 0 Å². The third-order valence-corrected chi connectivity index (χ3v) is 7.94. The number of carbonyl (C=O) groups excluding carboxylic acids is 3. The van der Waals surface area contributed by atoms with E-state index in [-0.39, 0.29) is 17.3 Å². The molecule has 3 atom stereocenters. The molecule has 3 aromatic carbocycles. The molecule has 6 heteroatoms. The third kappa shape index (κ3) is 2.75. The molecule has 7 rings (SSSR count). The summed E-state index contributed by atoms with van der Waals surface area (Å²) in [6.07, 6.45) is 4.98. The predicted molar refractivity (Wildman–Crippen MR) is 135 cm³/mol. The van der Waals surface area contributed by atoms with Gasteiger partial charge >= 0.3 is 0 Å². The maximum atomic E-state index is 14.4. The normalized spacial score (nSPS) is 22.7. The number of nitrogens with zero attached hydrogens (tertiary/aromatic N) is 1. The molecule has 2 aliphatic heterocycles. The number of anilines is 1. The van der Waals surface area contributed by atoms with E-state index in [0.29, 0.717) is 33.7 Å². The van der Waals surface area contributed by atoms with E-state index in [9.17, 15) is 18.8 Å². The Hall–Kier alpha value is -4.58. The van der Waals surface area contributed by atoms with Crippen LogP contribution in [0.4, 0.5) is 10.1 Å². The molecular formula is C31H20FNO4. The second kappa shape index (κ2) is 7.71. The largest absolute Gasteiger partial charge is 0.469 e. The van der Waals surface area contributed by atoms with Crippen molar-refractivity contribution in [2.45, 2.75) is 18.0 Å². The van der Waals surface area contributed by atoms with Crippen molar-refractivity contribution in [2.24, 2.45) is 5.41 Å². The Morgan fingerprint density at radius 2 is 1.57 bits per heavy atom. The standard InChI is InChI=1S/C31H20FNO4/c32-20-13-14-23-19(17-20)12-15-25-31(29(35)21-9-4-5-10-22(21)30(31)36)26(24-11-6-16-37-24)27(33(23)25)28(34)18-7-2-1-3-8-18/h1-17,25-27H/t25-,26-,27+/m1/s1. The Bertz CT molecular complexity index is 1590. The Balaban J connectivity index is 1.55. The number of rotatable bonds is 3. The number of furan rings is 1. The SMILES string of the molecule is O=C(c1ccccc1)[C@@H]1[C@@H](c2ccco2)C2(C(=O)c3ccccc3C2=O)[C@H]2C=Cc3cc(F)ccc3N12. The highest BCUT2D eigenvalue weighted by atomic mass is 19.1. The second-order valence-corrected chi connectivity index (χ2v) is 9.66. The van der Waals surface area contributed by atoms with Crippen molar-refractivity contribution in [1.82, 2.24) is 0 Å². The first-order valence-corrected chi connectivity index (χ1v) is 12.1. The molecule has 1 fully saturated rings. The molecule has 4 aromatic rings. The molecule has 0 amide bonds. The van der Waals surface area contributed by atoms with Crippen LogP contribution in [0.5, 0.6) is 0 Å². The number of halogens is 1. The van der Waals surface area contributed by atoms with E-state index in [2.05, 4.69) is 0 Å². The van der Waals surface area contributed by atoms with Crippen LogP contribution in [-0.4, -0.2) is 29.4 Å². The first kappa shape index (κ1) is 21.7. The maximum absolute atomic E-state index is 14.4. The first-order valence-electron chi connectivity index (χ1n) is 12.1. The van der Waals surface area contributed by atoms with E-state index < -0.39 is 29.2 Å². The number of fused-ring (bicyclic) bond motifs is 5. The van der Waals surface area contributed by atoms with Crippen LogP contribution in [0.2, 0.25) is 0 Å². The van der Waals surface area contributed by atoms with Crippen molar-refractivity contribution in [3.05, 3.63) is 131 Å². The fourth-order valence-electron chi connectivity index (χ4n) is 6.50. The smallest absolute Gasteiger partial charge is 0.186 e. The van der Waals surface area contributed by atoms with Crippen LogP contribution in [-0.2, 0) is 0 Å². The summed E-state index contributed by atoms with van der Waals surface area (Å²) in [5, 5.41) is 0. The molecule has 3 aliphatic rings. The summed E-state index contributed by atoms with van der Waals surface area (Å²) in [5.41, 5.74) is 0.679. The maximum Gasteiger partial charge on any atom is 0.186 e. The molecule has 0 N–H and O–H groups in total. The Morgan fingerprint density at radius 3 is 2.24 bits per heavy atom. The fraction of sp³-hybridized carbons (Fsp3) is 0.129. The number of Topliss-reactive ketones (excluding diaryl/α,β-unsaturated/α-hetero) is 3. The van der Waals surface area contributed by atoms with Crippen molar-refractivity contribution in [3.8, 4) is 0 Å². The molecule has 0 unspecified atom stereocenters. The predicted octanol–water partition coefficient (Wildman–Crippen LogP) is 5.74. The summed E-state index contributed by atoms with van der Waals surface area (Å²) in [6, 6.07) is 21.6. The summed E-state index contributed by atoms with van der Waals surface area (Å²) in [5.74, 6) is -1.84. The Morgan fingerprint density at radius 1 is 0.865 bits per heavy atom. The van der Waals surface area contributed by atoms with Crippen molar-refractivity contribution in [2.75, 3.05) is 4.90 Å². The third-order valence-electron chi connectivity index (χ3n) is 7.94. The van der Waals surface area contributed by atoms with Gasteiger partial charge in [-0.1, -0.05) is 66.7 Å². The lowest BCUT2D eigenvalue weighted by Gasteiger charge is -2.37. The van der Waals surface area contributed by atoms with Gasteiger partial charge in [0, 0.05) is 27.9 Å². The highest BCUT2D eigenvalue weighted by Gasteiger charge is 2.72. The molecule has 1 spiro atoms. The van der Waals surface area contributed by atoms with Crippen molar-refractivity contribution >= 4 is 29.1 Å². The van der Waals surface area contributed by atoms with Gasteiger partial charge in [-0.25, -0.2) is 4.39 Å². The van der Waals surface area contributed by atoms with Gasteiger partial charge in [-0.3, -0.25) is 14.4 Å². The quantitative estimate of drug-likeness (QED) is 0.271. The number of hydrogen-bond donors (Lipinski definition) is 0. The lowest BCUT2D eigenvalue weighted by molar-refractivity contribution is 0.0652. The van der Waals surface area contributed by atoms with Gasteiger partial charge < -0.3 is 9.32 Å². The summed E-state index contributed by atoms with van der Waals surface area (Å²) >= 11 is 0. The molecule has 1 aromatic heterocycles. The topological polar surface area (TPSA) is 67.6 Å². The Labute approximate surface area is 211 Å². The van der Waals surface area contributed by atoms with Crippen molar-refractivity contribution in [1.29, 1.82) is 0 Å². The number of hydrogen-bond acceptors (Lipinski definition) is 5. The second-order valence-electron chi connectivity index (χ2n) is 9.66. The average molecular weight is 490 g/mol. The van der Waals surface area contributed by atoms with Crippen LogP contribution in [0.25, 0.3) is 6.08 Å². The number of benzene rings is 3. The van der Waals surface area contributed by atoms with Gasteiger partial charge in [-0.2, -0.15) is 0 Å². The molecular weight excluding hydrogens is 469 g/mol. The van der Waals surface area contributed by atoms with E-state index in [1.165, 1.54) is 18.4 Å². The van der Waals surface area contributed by atoms with E-state index in [4.69, 9.17) is 4.42 Å². The van der Waals surface area contributed by atoms with Crippen LogP contribution < -0.4 is 4.90 Å². The summed E-state index contributed by atoms with van der Waals surface area (Å²) in [7, 11) is 0. The molecule has 3 heterocycles. The summed E-state index contributed by atoms with van der Waals surface area (Å²) < 4.78 is 20.1. The van der Waals surface area contributed by atoms with Crippen molar-refractivity contribution in [3.63, 3.8) is 0 Å². The molecule has 1 aliphatic carbocycles. The molecule has 0 radical (unpaired) electrons. The minimum atomic E-state index is -1.63. The highest BCUT2D eigenvalue weighted by Crippen LogP contribution is 2.61. The van der Waals surface area contributed by atoms with Gasteiger partial charge in [0.25, 0.3) is 0 Å². The Kier molecular flexibility index (Phi) is 4.52. The number of carbonyl (C=O) groups is 3. The first-order chi connectivity index (χ1) is 18.0. The zero-order valence-electron chi connectivity index (χ0n) is 19.5. The molecule has 0 bridgehead atoms. The van der Waals surface area contributed by atoms with E-state index in [1.54, 1.807) is 78.9 Å². The van der Waals surface area contributed by atoms with Gasteiger partial charge in [0.15, 0.2) is 17.3 Å². The highest BCUT2D eigenvalue weighted by molar-refractivity contribution is 6.32. The van der Waals surface area contributed by atoms with E-state index in [0.717, 1.165) is 0 Å². The van der Waals surface area contributed by atoms with Crippen LogP contribution in [0.1, 0.15) is 48.3 Å². The van der Waals surface area contributed by atoms with Gasteiger partial charge in [-0.05, 0) is 30.3 Å². The van der Waals surface area contributed by atoms with E-state index in [1.807, 2.05) is 11.0 Å². The molecule has 180 valence electrons. The average Bonchev–Trinajstić information content (AvgIpc) is 3.62. The molecule has 37 heavy (non-hydrogen) atoms. The van der Waals surface area contributed by atoms with Gasteiger partial charge in [0.1, 0.15) is 23.0 Å². The monoisotopic (exact) mass is 489 g/mol. The minimum Gasteiger partial charge on any atom is -0.469 e. The lowest BCUT2D eigenvalue weighted by Crippen LogP contribution is -2.48. The van der Waals surface area contributed by atoms with Crippen LogP contribution in [0.3, 0.4) is 0 Å². The van der Waals surface area contributed by atoms with Crippen LogP contribution in [0.15, 0.2) is 102 Å². The number of ketones is 3. The van der Waals surface area contributed by atoms with Gasteiger partial charge in [0.05, 0.1) is 18.2 Å². The molecule has 5 nitrogen and oxygen atoms in total. The van der Waals surface area contributed by atoms with Crippen LogP contribution in [0, 0.1) is 11.2 Å². The fourth-order valence-corrected chi connectivity index (χ4v) is 6.50. The summed E-state index contributed by atoms with van der Waals surface area (Å²) in [6.45, 7) is 0. The molecule has 0 saturated carbocycles. The van der Waals surface area contributed by atoms with Gasteiger partial charge in [0.2, 0.25) is 0 Å². The van der Waals surface area contributed by atoms with Crippen molar-refractivity contribution < 1.29 is 23.2 Å². The zero-order valence-corrected chi connectivity index (χ0v) is 19.5. The lowest BCUT2D eigenvalue weighted by atomic mass is 9.65. The zero-order chi connectivity index (χ0) is 25.3. The minimum absolute atomic E-state index is 0.244.